The maximum atomic E-state index is 5.04. The lowest BCUT2D eigenvalue weighted by atomic mass is 10.1. The number of ether oxygens (including phenoxy) is 1. The molecule has 98 valence electrons. The van der Waals surface area contributed by atoms with Crippen molar-refractivity contribution in [3.05, 3.63) is 33.4 Å². The molecule has 0 aliphatic heterocycles. The summed E-state index contributed by atoms with van der Waals surface area (Å²) < 4.78 is 6.17. The highest BCUT2D eigenvalue weighted by Gasteiger charge is 2.10. The molecule has 0 radical (unpaired) electrons. The summed E-state index contributed by atoms with van der Waals surface area (Å²) in [5, 5.41) is 4.70. The highest BCUT2D eigenvalue weighted by molar-refractivity contribution is 9.10. The van der Waals surface area contributed by atoms with E-state index in [2.05, 4.69) is 52.2 Å². The number of hydrogen-bond donors (Lipinski definition) is 2. The average Bonchev–Trinajstić information content (AvgIpc) is 2.62. The van der Waals surface area contributed by atoms with Crippen LogP contribution in [0, 0.1) is 13.8 Å². The second-order valence-corrected chi connectivity index (χ2v) is 5.46. The number of halogens is 1. The highest BCUT2D eigenvalue weighted by atomic mass is 79.9. The van der Waals surface area contributed by atoms with Crippen LogP contribution in [0.15, 0.2) is 16.6 Å². The molecular formula is C14H19BrN2O. The van der Waals surface area contributed by atoms with Crippen molar-refractivity contribution in [2.45, 2.75) is 20.4 Å². The monoisotopic (exact) mass is 310 g/mol. The number of aromatic nitrogens is 1. The molecule has 2 N–H and O–H groups in total. The molecule has 1 aromatic heterocycles. The molecule has 0 aliphatic rings. The fraction of sp³-hybridized carbons (Fsp3) is 0.429. The molecule has 3 nitrogen and oxygen atoms in total. The molecule has 1 heterocycles. The van der Waals surface area contributed by atoms with Gasteiger partial charge in [0, 0.05) is 41.3 Å². The maximum absolute atomic E-state index is 5.04. The van der Waals surface area contributed by atoms with Gasteiger partial charge < -0.3 is 15.0 Å². The zero-order valence-electron chi connectivity index (χ0n) is 11.1. The van der Waals surface area contributed by atoms with Gasteiger partial charge in [-0.15, -0.1) is 0 Å². The fourth-order valence-corrected chi connectivity index (χ4v) is 2.80. The van der Waals surface area contributed by atoms with Gasteiger partial charge in [0.15, 0.2) is 0 Å². The molecule has 1 aromatic carbocycles. The lowest BCUT2D eigenvalue weighted by molar-refractivity contribution is 0.199. The van der Waals surface area contributed by atoms with Gasteiger partial charge in [0.2, 0.25) is 0 Å². The van der Waals surface area contributed by atoms with Crippen molar-refractivity contribution in [2.24, 2.45) is 0 Å². The van der Waals surface area contributed by atoms with Crippen molar-refractivity contribution in [3.8, 4) is 0 Å². The zero-order valence-corrected chi connectivity index (χ0v) is 12.6. The van der Waals surface area contributed by atoms with Crippen LogP contribution in [0.5, 0.6) is 0 Å². The van der Waals surface area contributed by atoms with E-state index in [-0.39, 0.29) is 0 Å². The fourth-order valence-electron chi connectivity index (χ4n) is 2.23. The molecule has 4 heteroatoms. The summed E-state index contributed by atoms with van der Waals surface area (Å²) in [5.74, 6) is 0. The van der Waals surface area contributed by atoms with Crippen molar-refractivity contribution in [1.82, 2.24) is 10.3 Å². The maximum Gasteiger partial charge on any atom is 0.0587 e. The van der Waals surface area contributed by atoms with E-state index in [4.69, 9.17) is 4.74 Å². The van der Waals surface area contributed by atoms with E-state index in [9.17, 15) is 0 Å². The quantitative estimate of drug-likeness (QED) is 0.832. The first-order valence-corrected chi connectivity index (χ1v) is 6.89. The van der Waals surface area contributed by atoms with E-state index in [1.54, 1.807) is 7.11 Å². The molecule has 0 unspecified atom stereocenters. The van der Waals surface area contributed by atoms with Crippen LogP contribution in [-0.4, -0.2) is 25.2 Å². The summed E-state index contributed by atoms with van der Waals surface area (Å²) in [6.45, 7) is 6.73. The number of aromatic amines is 1. The lowest BCUT2D eigenvalue weighted by Crippen LogP contribution is -2.18. The molecule has 0 aliphatic carbocycles. The largest absolute Gasteiger partial charge is 0.383 e. The summed E-state index contributed by atoms with van der Waals surface area (Å²) in [5.41, 5.74) is 5.08. The number of methoxy groups -OCH3 is 1. The van der Waals surface area contributed by atoms with Gasteiger partial charge in [0.1, 0.15) is 0 Å². The zero-order chi connectivity index (χ0) is 13.1. The third-order valence-corrected chi connectivity index (χ3v) is 3.63. The van der Waals surface area contributed by atoms with Crippen molar-refractivity contribution >= 4 is 26.8 Å². The van der Waals surface area contributed by atoms with Gasteiger partial charge in [-0.1, -0.05) is 15.9 Å². The Morgan fingerprint density at radius 2 is 2.11 bits per heavy atom. The van der Waals surface area contributed by atoms with Crippen LogP contribution in [0.2, 0.25) is 0 Å². The Morgan fingerprint density at radius 3 is 2.83 bits per heavy atom. The number of hydrogen-bond acceptors (Lipinski definition) is 2. The van der Waals surface area contributed by atoms with Gasteiger partial charge >= 0.3 is 0 Å². The smallest absolute Gasteiger partial charge is 0.0587 e. The first-order valence-electron chi connectivity index (χ1n) is 6.10. The number of H-pyrrole nitrogens is 1. The molecule has 0 atom stereocenters. The van der Waals surface area contributed by atoms with Gasteiger partial charge in [0.25, 0.3) is 0 Å². The minimum Gasteiger partial charge on any atom is -0.383 e. The van der Waals surface area contributed by atoms with Crippen molar-refractivity contribution < 1.29 is 4.74 Å². The summed E-state index contributed by atoms with van der Waals surface area (Å²) in [7, 11) is 1.72. The SMILES string of the molecule is COCCNCc1c(C)[nH]c2c(C)cc(Br)cc12. The second kappa shape index (κ2) is 5.87. The molecule has 0 saturated carbocycles. The Kier molecular flexibility index (Phi) is 4.43. The standard InChI is InChI=1S/C14H19BrN2O/c1-9-6-11(15)7-12-13(8-16-4-5-18-3)10(2)17-14(9)12/h6-7,16-17H,4-5,8H2,1-3H3. The van der Waals surface area contributed by atoms with Crippen LogP contribution < -0.4 is 5.32 Å². The van der Waals surface area contributed by atoms with E-state index >= 15 is 0 Å². The first kappa shape index (κ1) is 13.6. The Labute approximate surface area is 116 Å². The first-order chi connectivity index (χ1) is 8.63. The van der Waals surface area contributed by atoms with Gasteiger partial charge in [-0.3, -0.25) is 0 Å². The van der Waals surface area contributed by atoms with Gasteiger partial charge in [-0.2, -0.15) is 0 Å². The van der Waals surface area contributed by atoms with Gasteiger partial charge in [0.05, 0.1) is 6.61 Å². The predicted octanol–water partition coefficient (Wildman–Crippen LogP) is 3.28. The van der Waals surface area contributed by atoms with E-state index in [0.29, 0.717) is 0 Å². The summed E-state index contributed by atoms with van der Waals surface area (Å²) in [6, 6.07) is 4.32. The predicted molar refractivity (Wildman–Crippen MR) is 79.1 cm³/mol. The third kappa shape index (κ3) is 2.76. The van der Waals surface area contributed by atoms with Crippen LogP contribution in [0.3, 0.4) is 0 Å². The highest BCUT2D eigenvalue weighted by Crippen LogP contribution is 2.28. The minimum atomic E-state index is 0.740. The number of fused-ring (bicyclic) bond motifs is 1. The third-order valence-electron chi connectivity index (χ3n) is 3.18. The molecule has 0 fully saturated rings. The Hall–Kier alpha value is -0.840. The minimum absolute atomic E-state index is 0.740. The van der Waals surface area contributed by atoms with E-state index in [1.165, 1.54) is 27.7 Å². The van der Waals surface area contributed by atoms with Crippen LogP contribution in [0.4, 0.5) is 0 Å². The Balaban J connectivity index is 2.29. The van der Waals surface area contributed by atoms with Crippen LogP contribution >= 0.6 is 15.9 Å². The summed E-state index contributed by atoms with van der Waals surface area (Å²) >= 11 is 3.57. The normalized spacial score (nSPS) is 11.3. The molecule has 0 bridgehead atoms. The molecule has 0 saturated heterocycles. The second-order valence-electron chi connectivity index (χ2n) is 4.54. The lowest BCUT2D eigenvalue weighted by Gasteiger charge is -2.05. The van der Waals surface area contributed by atoms with E-state index in [1.807, 2.05) is 0 Å². The van der Waals surface area contributed by atoms with Crippen molar-refractivity contribution in [3.63, 3.8) is 0 Å². The van der Waals surface area contributed by atoms with Crippen molar-refractivity contribution in [2.75, 3.05) is 20.3 Å². The van der Waals surface area contributed by atoms with Gasteiger partial charge in [-0.05, 0) is 37.1 Å². The molecule has 0 spiro atoms. The van der Waals surface area contributed by atoms with Crippen molar-refractivity contribution in [1.29, 1.82) is 0 Å². The molecule has 18 heavy (non-hydrogen) atoms. The number of nitrogens with one attached hydrogen (secondary N) is 2. The molecule has 0 amide bonds. The molecular weight excluding hydrogens is 292 g/mol. The average molecular weight is 311 g/mol. The summed E-state index contributed by atoms with van der Waals surface area (Å²) in [6.07, 6.45) is 0. The van der Waals surface area contributed by atoms with E-state index < -0.39 is 0 Å². The van der Waals surface area contributed by atoms with Gasteiger partial charge in [-0.25, -0.2) is 0 Å². The summed E-state index contributed by atoms with van der Waals surface area (Å²) in [4.78, 5) is 3.47. The topological polar surface area (TPSA) is 37.0 Å². The Bertz CT molecular complexity index is 548. The Morgan fingerprint density at radius 1 is 1.33 bits per heavy atom. The van der Waals surface area contributed by atoms with Crippen LogP contribution in [-0.2, 0) is 11.3 Å². The van der Waals surface area contributed by atoms with Crippen LogP contribution in [0.1, 0.15) is 16.8 Å². The number of benzene rings is 1. The number of aryl methyl sites for hydroxylation is 2. The van der Waals surface area contributed by atoms with E-state index in [0.717, 1.165) is 24.2 Å². The van der Waals surface area contributed by atoms with Crippen LogP contribution in [0.25, 0.3) is 10.9 Å². The molecule has 2 aromatic rings. The number of rotatable bonds is 5. The molecule has 2 rings (SSSR count).